The van der Waals surface area contributed by atoms with Crippen molar-refractivity contribution in [2.24, 2.45) is 0 Å². The number of benzene rings is 1. The maximum absolute atomic E-state index is 14.7. The number of halogens is 2. The number of hydrogen-bond acceptors (Lipinski definition) is 4. The first-order valence-electron chi connectivity index (χ1n) is 13.8. The standard InChI is InChI=1S/C30H31F2N3O3/c31-25-2-1-3-26(32)27(25)23-14-33-28(17-6-7-17)24(23)15-38-21-11-19-8-9-20(12-21)35(19)29-22(16-4-5-16)10-18(13-34-29)30(36)37/h1-3,10,13-14,16-17,19-21,33H,4-9,11-12,15H2,(H,36,37). The van der Waals surface area contributed by atoms with E-state index >= 15 is 0 Å². The summed E-state index contributed by atoms with van der Waals surface area (Å²) in [5.41, 5.74) is 3.79. The van der Waals surface area contributed by atoms with Crippen LogP contribution >= 0.6 is 0 Å². The highest BCUT2D eigenvalue weighted by Crippen LogP contribution is 2.49. The van der Waals surface area contributed by atoms with Crippen molar-refractivity contribution in [1.82, 2.24) is 9.97 Å². The number of hydrogen-bond donors (Lipinski definition) is 2. The van der Waals surface area contributed by atoms with E-state index in [-0.39, 0.29) is 29.3 Å². The fraction of sp³-hybridized carbons (Fsp3) is 0.467. The molecular formula is C30H31F2N3O3. The van der Waals surface area contributed by atoms with Gasteiger partial charge in [-0.3, -0.25) is 0 Å². The Labute approximate surface area is 220 Å². The number of fused-ring (bicyclic) bond motifs is 2. The molecule has 8 heteroatoms. The number of carboxylic acids is 1. The smallest absolute Gasteiger partial charge is 0.337 e. The first-order valence-corrected chi connectivity index (χ1v) is 13.8. The molecule has 2 unspecified atom stereocenters. The Morgan fingerprint density at radius 2 is 1.74 bits per heavy atom. The molecule has 0 amide bonds. The van der Waals surface area contributed by atoms with Gasteiger partial charge < -0.3 is 19.7 Å². The van der Waals surface area contributed by atoms with Crippen molar-refractivity contribution in [1.29, 1.82) is 0 Å². The van der Waals surface area contributed by atoms with Crippen LogP contribution < -0.4 is 4.90 Å². The first-order chi connectivity index (χ1) is 18.5. The summed E-state index contributed by atoms with van der Waals surface area (Å²) in [5, 5.41) is 9.47. The monoisotopic (exact) mass is 519 g/mol. The SMILES string of the molecule is O=C(O)c1cnc(N2C3CCC2CC(OCc2c(-c4c(F)cccc4F)c[nH]c2C2CC2)C3)c(C2CC2)c1. The molecule has 4 fully saturated rings. The molecule has 4 heterocycles. The molecule has 7 rings (SSSR count). The second-order valence-electron chi connectivity index (χ2n) is 11.4. The van der Waals surface area contributed by atoms with Gasteiger partial charge in [0.1, 0.15) is 17.5 Å². The van der Waals surface area contributed by atoms with E-state index in [0.717, 1.165) is 74.0 Å². The minimum Gasteiger partial charge on any atom is -0.478 e. The summed E-state index contributed by atoms with van der Waals surface area (Å²) in [6, 6.07) is 6.38. The number of aromatic amines is 1. The van der Waals surface area contributed by atoms with Crippen molar-refractivity contribution in [3.63, 3.8) is 0 Å². The minimum absolute atomic E-state index is 0.00706. The summed E-state index contributed by atoms with van der Waals surface area (Å²) in [4.78, 5) is 21.9. The molecule has 2 bridgehead atoms. The highest BCUT2D eigenvalue weighted by Gasteiger charge is 2.44. The molecule has 2 saturated carbocycles. The van der Waals surface area contributed by atoms with Gasteiger partial charge in [-0.25, -0.2) is 18.6 Å². The van der Waals surface area contributed by atoms with Gasteiger partial charge in [0.15, 0.2) is 0 Å². The van der Waals surface area contributed by atoms with Crippen molar-refractivity contribution in [2.45, 2.75) is 88.0 Å². The van der Waals surface area contributed by atoms with E-state index in [1.54, 1.807) is 6.20 Å². The number of H-pyrrole nitrogens is 1. The lowest BCUT2D eigenvalue weighted by Gasteiger charge is -2.40. The molecule has 2 saturated heterocycles. The molecule has 2 aromatic heterocycles. The van der Waals surface area contributed by atoms with Crippen LogP contribution in [0.25, 0.3) is 11.1 Å². The Morgan fingerprint density at radius 1 is 1.05 bits per heavy atom. The lowest BCUT2D eigenvalue weighted by molar-refractivity contribution is 0.0149. The number of aromatic carboxylic acids is 1. The van der Waals surface area contributed by atoms with Crippen LogP contribution in [0.3, 0.4) is 0 Å². The number of anilines is 1. The molecular weight excluding hydrogens is 488 g/mol. The number of piperidine rings is 1. The summed E-state index contributed by atoms with van der Waals surface area (Å²) >= 11 is 0. The van der Waals surface area contributed by atoms with Gasteiger partial charge in [0, 0.05) is 41.3 Å². The van der Waals surface area contributed by atoms with Crippen molar-refractivity contribution in [3.8, 4) is 11.1 Å². The molecule has 0 spiro atoms. The minimum atomic E-state index is -0.939. The predicted molar refractivity (Wildman–Crippen MR) is 138 cm³/mol. The molecule has 38 heavy (non-hydrogen) atoms. The number of nitrogens with one attached hydrogen (secondary N) is 1. The molecule has 2 atom stereocenters. The van der Waals surface area contributed by atoms with Crippen LogP contribution in [0.4, 0.5) is 14.6 Å². The van der Waals surface area contributed by atoms with Gasteiger partial charge in [0.25, 0.3) is 0 Å². The van der Waals surface area contributed by atoms with Crippen LogP contribution in [0.1, 0.15) is 90.4 Å². The van der Waals surface area contributed by atoms with E-state index in [0.29, 0.717) is 24.0 Å². The lowest BCUT2D eigenvalue weighted by Crippen LogP contribution is -2.46. The van der Waals surface area contributed by atoms with Crippen LogP contribution in [-0.4, -0.2) is 39.2 Å². The number of carboxylic acid groups (broad SMARTS) is 1. The van der Waals surface area contributed by atoms with Crippen LogP contribution in [0.15, 0.2) is 36.7 Å². The van der Waals surface area contributed by atoms with Crippen LogP contribution in [0, 0.1) is 11.6 Å². The maximum atomic E-state index is 14.7. The molecule has 1 aromatic carbocycles. The van der Waals surface area contributed by atoms with Gasteiger partial charge in [-0.2, -0.15) is 0 Å². The summed E-state index contributed by atoms with van der Waals surface area (Å²) in [7, 11) is 0. The molecule has 4 aliphatic rings. The quantitative estimate of drug-likeness (QED) is 0.354. The Balaban J connectivity index is 1.11. The highest BCUT2D eigenvalue weighted by atomic mass is 19.1. The largest absolute Gasteiger partial charge is 0.478 e. The normalized spacial score (nSPS) is 24.7. The average molecular weight is 520 g/mol. The van der Waals surface area contributed by atoms with E-state index in [1.165, 1.54) is 24.4 Å². The number of pyridine rings is 1. The van der Waals surface area contributed by atoms with Gasteiger partial charge >= 0.3 is 5.97 Å². The molecule has 2 aliphatic carbocycles. The Bertz CT molecular complexity index is 1360. The Hall–Kier alpha value is -3.26. The first kappa shape index (κ1) is 23.8. The third kappa shape index (κ3) is 4.19. The van der Waals surface area contributed by atoms with E-state index in [2.05, 4.69) is 14.9 Å². The molecule has 198 valence electrons. The number of ether oxygens (including phenoxy) is 1. The summed E-state index contributed by atoms with van der Waals surface area (Å²) < 4.78 is 35.9. The van der Waals surface area contributed by atoms with Crippen LogP contribution in [0.2, 0.25) is 0 Å². The topological polar surface area (TPSA) is 78.4 Å². The van der Waals surface area contributed by atoms with E-state index < -0.39 is 17.6 Å². The van der Waals surface area contributed by atoms with Gasteiger partial charge in [-0.1, -0.05) is 6.07 Å². The number of rotatable bonds is 8. The van der Waals surface area contributed by atoms with Gasteiger partial charge in [0.05, 0.1) is 23.8 Å². The second-order valence-corrected chi connectivity index (χ2v) is 11.4. The van der Waals surface area contributed by atoms with Gasteiger partial charge in [0.2, 0.25) is 0 Å². The van der Waals surface area contributed by atoms with Crippen LogP contribution in [0.5, 0.6) is 0 Å². The molecule has 2 aliphatic heterocycles. The average Bonchev–Trinajstić information content (AvgIpc) is 3.83. The third-order valence-corrected chi connectivity index (χ3v) is 8.80. The van der Waals surface area contributed by atoms with Gasteiger partial charge in [-0.15, -0.1) is 0 Å². The van der Waals surface area contributed by atoms with Crippen LogP contribution in [-0.2, 0) is 11.3 Å². The van der Waals surface area contributed by atoms with Crippen molar-refractivity contribution in [2.75, 3.05) is 4.90 Å². The fourth-order valence-electron chi connectivity index (χ4n) is 6.65. The van der Waals surface area contributed by atoms with Crippen molar-refractivity contribution >= 4 is 11.8 Å². The third-order valence-electron chi connectivity index (χ3n) is 8.80. The van der Waals surface area contributed by atoms with Crippen molar-refractivity contribution < 1.29 is 23.4 Å². The number of aromatic nitrogens is 2. The van der Waals surface area contributed by atoms with E-state index in [4.69, 9.17) is 4.74 Å². The molecule has 2 N–H and O–H groups in total. The zero-order chi connectivity index (χ0) is 26.0. The zero-order valence-electron chi connectivity index (χ0n) is 21.1. The summed E-state index contributed by atoms with van der Waals surface area (Å²) in [6.45, 7) is 0.321. The van der Waals surface area contributed by atoms with Crippen molar-refractivity contribution in [3.05, 3.63) is 70.7 Å². The molecule has 0 radical (unpaired) electrons. The van der Waals surface area contributed by atoms with E-state index in [1.807, 2.05) is 6.07 Å². The molecule has 3 aromatic rings. The molecule has 6 nitrogen and oxygen atoms in total. The Morgan fingerprint density at radius 3 is 2.37 bits per heavy atom. The number of nitrogens with zero attached hydrogens (tertiary/aromatic N) is 2. The zero-order valence-corrected chi connectivity index (χ0v) is 21.1. The summed E-state index contributed by atoms with van der Waals surface area (Å²) in [5.74, 6) is -0.320. The number of carbonyl (C=O) groups is 1. The summed E-state index contributed by atoms with van der Waals surface area (Å²) in [6.07, 6.45) is 11.4. The second kappa shape index (κ2) is 9.19. The Kier molecular flexibility index (Phi) is 5.76. The lowest BCUT2D eigenvalue weighted by atomic mass is 9.97. The maximum Gasteiger partial charge on any atom is 0.337 e. The van der Waals surface area contributed by atoms with E-state index in [9.17, 15) is 18.7 Å². The highest BCUT2D eigenvalue weighted by molar-refractivity contribution is 5.88. The predicted octanol–water partition coefficient (Wildman–Crippen LogP) is 6.52. The fourth-order valence-corrected chi connectivity index (χ4v) is 6.65. The van der Waals surface area contributed by atoms with Gasteiger partial charge in [-0.05, 0) is 87.0 Å².